The van der Waals surface area contributed by atoms with E-state index >= 15 is 0 Å². The van der Waals surface area contributed by atoms with E-state index < -0.39 is 11.9 Å². The molecule has 0 spiro atoms. The van der Waals surface area contributed by atoms with Gasteiger partial charge in [0, 0.05) is 5.88 Å². The highest BCUT2D eigenvalue weighted by atomic mass is 35.5. The minimum absolute atomic E-state index is 0.0186. The van der Waals surface area contributed by atoms with E-state index in [1.54, 1.807) is 0 Å². The molecule has 1 atom stereocenters. The Morgan fingerprint density at radius 2 is 1.70 bits per heavy atom. The van der Waals surface area contributed by atoms with Crippen LogP contribution in [0.15, 0.2) is 30.3 Å². The van der Waals surface area contributed by atoms with Crippen molar-refractivity contribution in [1.29, 1.82) is 0 Å². The second-order valence-corrected chi connectivity index (χ2v) is 7.41. The molecule has 112 valence electrons. The highest BCUT2D eigenvalue weighted by Crippen LogP contribution is 2.41. The predicted molar refractivity (Wildman–Crippen MR) is 84.3 cm³/mol. The molecule has 1 aromatic carbocycles. The lowest BCUT2D eigenvalue weighted by atomic mass is 9.71. The third-order valence-corrected chi connectivity index (χ3v) is 4.30. The van der Waals surface area contributed by atoms with Crippen LogP contribution in [-0.2, 0) is 4.79 Å². The van der Waals surface area contributed by atoms with Crippen LogP contribution in [0.4, 0.5) is 0 Å². The molecular weight excluding hydrogens is 272 g/mol. The van der Waals surface area contributed by atoms with Crippen molar-refractivity contribution < 1.29 is 9.90 Å². The number of alkyl halides is 1. The van der Waals surface area contributed by atoms with Crippen LogP contribution in [0.3, 0.4) is 0 Å². The number of hydrogen-bond acceptors (Lipinski definition) is 1. The first-order chi connectivity index (χ1) is 9.17. The molecular formula is C17H25ClO2. The summed E-state index contributed by atoms with van der Waals surface area (Å²) in [5.74, 6) is -0.634. The van der Waals surface area contributed by atoms with Crippen molar-refractivity contribution in [3.05, 3.63) is 35.9 Å². The Kier molecular flexibility index (Phi) is 5.64. The smallest absolute Gasteiger partial charge is 0.310 e. The minimum atomic E-state index is -0.757. The number of rotatable bonds is 7. The van der Waals surface area contributed by atoms with Gasteiger partial charge in [0.25, 0.3) is 0 Å². The zero-order valence-corrected chi connectivity index (χ0v) is 13.6. The van der Waals surface area contributed by atoms with Crippen LogP contribution in [0, 0.1) is 10.8 Å². The van der Waals surface area contributed by atoms with E-state index in [2.05, 4.69) is 27.7 Å². The second kappa shape index (κ2) is 6.62. The molecule has 1 unspecified atom stereocenters. The van der Waals surface area contributed by atoms with E-state index in [4.69, 9.17) is 11.6 Å². The van der Waals surface area contributed by atoms with Gasteiger partial charge in [-0.25, -0.2) is 0 Å². The molecule has 3 heteroatoms. The van der Waals surface area contributed by atoms with Crippen molar-refractivity contribution >= 4 is 17.6 Å². The van der Waals surface area contributed by atoms with Crippen molar-refractivity contribution in [2.45, 2.75) is 46.5 Å². The molecule has 1 aromatic rings. The van der Waals surface area contributed by atoms with Crippen molar-refractivity contribution in [1.82, 2.24) is 0 Å². The summed E-state index contributed by atoms with van der Waals surface area (Å²) in [6.45, 7) is 8.50. The highest BCUT2D eigenvalue weighted by Gasteiger charge is 2.33. The molecule has 1 N–H and O–H groups in total. The molecule has 2 nitrogen and oxygen atoms in total. The maximum Gasteiger partial charge on any atom is 0.310 e. The fourth-order valence-electron chi connectivity index (χ4n) is 3.00. The molecule has 0 aliphatic rings. The van der Waals surface area contributed by atoms with Crippen LogP contribution in [-0.4, -0.2) is 17.0 Å². The zero-order chi connectivity index (χ0) is 15.4. The first-order valence-corrected chi connectivity index (χ1v) is 7.54. The maximum absolute atomic E-state index is 11.6. The van der Waals surface area contributed by atoms with Gasteiger partial charge in [-0.2, -0.15) is 0 Å². The number of carboxylic acids is 1. The van der Waals surface area contributed by atoms with Gasteiger partial charge in [-0.15, -0.1) is 11.6 Å². The number of hydrogen-bond donors (Lipinski definition) is 1. The second-order valence-electron chi connectivity index (χ2n) is 7.14. The third-order valence-electron chi connectivity index (χ3n) is 3.58. The summed E-state index contributed by atoms with van der Waals surface area (Å²) < 4.78 is 0. The molecule has 0 fully saturated rings. The van der Waals surface area contributed by atoms with E-state index in [0.717, 1.165) is 12.0 Å². The Labute approximate surface area is 127 Å². The van der Waals surface area contributed by atoms with Crippen LogP contribution < -0.4 is 0 Å². The fourth-order valence-corrected chi connectivity index (χ4v) is 3.10. The quantitative estimate of drug-likeness (QED) is 0.725. The number of aliphatic carboxylic acids is 1. The molecule has 0 aliphatic carbocycles. The zero-order valence-electron chi connectivity index (χ0n) is 12.8. The Hall–Kier alpha value is -1.02. The van der Waals surface area contributed by atoms with Crippen molar-refractivity contribution in [2.75, 3.05) is 5.88 Å². The first kappa shape index (κ1) is 17.0. The van der Waals surface area contributed by atoms with E-state index in [-0.39, 0.29) is 10.8 Å². The predicted octanol–water partition coefficient (Wildman–Crippen LogP) is 4.93. The standard InChI is InChI=1S/C17H25ClO2/c1-16(2,11-17(3,4)12-18)10-14(15(19)20)13-8-6-5-7-9-13/h5-9,14H,10-12H2,1-4H3,(H,19,20). The number of carbonyl (C=O) groups is 1. The van der Waals surface area contributed by atoms with Crippen LogP contribution in [0.1, 0.15) is 52.0 Å². The largest absolute Gasteiger partial charge is 0.481 e. The Bertz CT molecular complexity index is 438. The summed E-state index contributed by atoms with van der Waals surface area (Å²) >= 11 is 6.00. The van der Waals surface area contributed by atoms with Crippen molar-refractivity contribution in [3.8, 4) is 0 Å². The van der Waals surface area contributed by atoms with Gasteiger partial charge in [0.1, 0.15) is 0 Å². The van der Waals surface area contributed by atoms with Gasteiger partial charge in [-0.1, -0.05) is 58.0 Å². The average Bonchev–Trinajstić information content (AvgIpc) is 2.35. The van der Waals surface area contributed by atoms with Crippen molar-refractivity contribution in [2.24, 2.45) is 10.8 Å². The number of carboxylic acid groups (broad SMARTS) is 1. The lowest BCUT2D eigenvalue weighted by Gasteiger charge is -2.35. The Balaban J connectivity index is 2.88. The van der Waals surface area contributed by atoms with E-state index in [0.29, 0.717) is 12.3 Å². The van der Waals surface area contributed by atoms with Gasteiger partial charge >= 0.3 is 5.97 Å². The van der Waals surface area contributed by atoms with Crippen LogP contribution in [0.25, 0.3) is 0 Å². The van der Waals surface area contributed by atoms with E-state index in [1.807, 2.05) is 30.3 Å². The topological polar surface area (TPSA) is 37.3 Å². The molecule has 0 saturated heterocycles. The molecule has 0 heterocycles. The Morgan fingerprint density at radius 3 is 2.15 bits per heavy atom. The summed E-state index contributed by atoms with van der Waals surface area (Å²) in [7, 11) is 0. The minimum Gasteiger partial charge on any atom is -0.481 e. The number of benzene rings is 1. The van der Waals surface area contributed by atoms with Crippen LogP contribution in [0.5, 0.6) is 0 Å². The van der Waals surface area contributed by atoms with Gasteiger partial charge in [0.05, 0.1) is 5.92 Å². The Morgan fingerprint density at radius 1 is 1.15 bits per heavy atom. The lowest BCUT2D eigenvalue weighted by Crippen LogP contribution is -2.28. The number of halogens is 1. The summed E-state index contributed by atoms with van der Waals surface area (Å²) in [6.07, 6.45) is 1.52. The van der Waals surface area contributed by atoms with Gasteiger partial charge in [0.15, 0.2) is 0 Å². The molecule has 20 heavy (non-hydrogen) atoms. The molecule has 0 amide bonds. The lowest BCUT2D eigenvalue weighted by molar-refractivity contribution is -0.139. The molecule has 0 bridgehead atoms. The monoisotopic (exact) mass is 296 g/mol. The molecule has 1 rings (SSSR count). The van der Waals surface area contributed by atoms with E-state index in [1.165, 1.54) is 0 Å². The average molecular weight is 297 g/mol. The highest BCUT2D eigenvalue weighted by molar-refractivity contribution is 6.18. The molecule has 0 aromatic heterocycles. The molecule has 0 saturated carbocycles. The van der Waals surface area contributed by atoms with Gasteiger partial charge in [-0.3, -0.25) is 4.79 Å². The maximum atomic E-state index is 11.6. The fraction of sp³-hybridized carbons (Fsp3) is 0.588. The van der Waals surface area contributed by atoms with Gasteiger partial charge in [0.2, 0.25) is 0 Å². The third kappa shape index (κ3) is 5.16. The van der Waals surface area contributed by atoms with E-state index in [9.17, 15) is 9.90 Å². The van der Waals surface area contributed by atoms with Crippen LogP contribution >= 0.6 is 11.6 Å². The summed E-state index contributed by atoms with van der Waals surface area (Å²) in [5, 5.41) is 9.52. The molecule has 0 aliphatic heterocycles. The first-order valence-electron chi connectivity index (χ1n) is 7.01. The van der Waals surface area contributed by atoms with Crippen molar-refractivity contribution in [3.63, 3.8) is 0 Å². The summed E-state index contributed by atoms with van der Waals surface area (Å²) in [4.78, 5) is 11.6. The summed E-state index contributed by atoms with van der Waals surface area (Å²) in [6, 6.07) is 9.47. The normalized spacial score (nSPS) is 14.1. The summed E-state index contributed by atoms with van der Waals surface area (Å²) in [5.41, 5.74) is 0.819. The SMILES string of the molecule is CC(C)(CCl)CC(C)(C)CC(C(=O)O)c1ccccc1. The van der Waals surface area contributed by atoms with Gasteiger partial charge in [-0.05, 0) is 29.2 Å². The van der Waals surface area contributed by atoms with Crippen LogP contribution in [0.2, 0.25) is 0 Å². The van der Waals surface area contributed by atoms with Gasteiger partial charge < -0.3 is 5.11 Å². The molecule has 0 radical (unpaired) electrons.